The number of nitrogens with zero attached hydrogens (tertiary/aromatic N) is 4. The Hall–Kier alpha value is -3.29. The van der Waals surface area contributed by atoms with Gasteiger partial charge in [-0.15, -0.1) is 0 Å². The Labute approximate surface area is 200 Å². The van der Waals surface area contributed by atoms with Gasteiger partial charge in [-0.2, -0.15) is 0 Å². The molecule has 7 nitrogen and oxygen atoms in total. The van der Waals surface area contributed by atoms with Gasteiger partial charge in [-0.05, 0) is 36.6 Å². The molecule has 2 aliphatic heterocycles. The molecule has 2 saturated heterocycles. The minimum Gasteiger partial charge on any atom is -0.437 e. The molecule has 3 heterocycles. The summed E-state index contributed by atoms with van der Waals surface area (Å²) in [4.78, 5) is 27.0. The van der Waals surface area contributed by atoms with Crippen molar-refractivity contribution in [2.45, 2.75) is 25.3 Å². The van der Waals surface area contributed by atoms with Crippen LogP contribution < -0.4 is 4.74 Å². The summed E-state index contributed by atoms with van der Waals surface area (Å²) in [5.41, 5.74) is 2.67. The molecular formula is C27H30N4O3. The van der Waals surface area contributed by atoms with Gasteiger partial charge in [0.25, 0.3) is 5.91 Å². The first kappa shape index (κ1) is 22.5. The van der Waals surface area contributed by atoms with Crippen molar-refractivity contribution >= 4 is 5.91 Å². The van der Waals surface area contributed by atoms with Gasteiger partial charge < -0.3 is 14.4 Å². The first-order valence-corrected chi connectivity index (χ1v) is 12.0. The highest BCUT2D eigenvalue weighted by molar-refractivity contribution is 5.95. The standard InChI is InChI=1S/C27H30N4O3/c32-27(24-11-5-4-7-21(24)19-30-15-17-33-18-16-30)31-14-6-8-22(20-31)25-26(29-13-12-28-25)34-23-9-2-1-3-10-23/h1-5,7,9-13,22H,6,8,14-20H2/t22-/m1/s1. The molecule has 0 spiro atoms. The molecule has 2 aliphatic rings. The van der Waals surface area contributed by atoms with Gasteiger partial charge >= 0.3 is 0 Å². The van der Waals surface area contributed by atoms with Crippen LogP contribution >= 0.6 is 0 Å². The maximum Gasteiger partial charge on any atom is 0.254 e. The highest BCUT2D eigenvalue weighted by Crippen LogP contribution is 2.33. The summed E-state index contributed by atoms with van der Waals surface area (Å²) in [6, 6.07) is 17.6. The number of aromatic nitrogens is 2. The van der Waals surface area contributed by atoms with E-state index < -0.39 is 0 Å². The minimum atomic E-state index is 0.0801. The summed E-state index contributed by atoms with van der Waals surface area (Å²) in [7, 11) is 0. The van der Waals surface area contributed by atoms with Gasteiger partial charge in [0.05, 0.1) is 13.2 Å². The maximum atomic E-state index is 13.6. The number of para-hydroxylation sites is 1. The Bertz CT molecular complexity index is 1100. The third kappa shape index (κ3) is 5.26. The summed E-state index contributed by atoms with van der Waals surface area (Å²) in [6.45, 7) is 5.40. The minimum absolute atomic E-state index is 0.0801. The molecule has 0 N–H and O–H groups in total. The van der Waals surface area contributed by atoms with Crippen LogP contribution in [0.1, 0.15) is 40.4 Å². The molecule has 7 heteroatoms. The number of ether oxygens (including phenoxy) is 2. The average Bonchev–Trinajstić information content (AvgIpc) is 2.90. The fourth-order valence-electron chi connectivity index (χ4n) is 4.72. The fraction of sp³-hybridized carbons (Fsp3) is 0.370. The van der Waals surface area contributed by atoms with Crippen LogP contribution in [0.3, 0.4) is 0 Å². The summed E-state index contributed by atoms with van der Waals surface area (Å²) in [5, 5.41) is 0. The maximum absolute atomic E-state index is 13.6. The molecule has 0 saturated carbocycles. The van der Waals surface area contributed by atoms with E-state index in [1.165, 1.54) is 0 Å². The Morgan fingerprint density at radius 3 is 2.59 bits per heavy atom. The normalized spacial score (nSPS) is 19.1. The fourth-order valence-corrected chi connectivity index (χ4v) is 4.72. The van der Waals surface area contributed by atoms with E-state index in [9.17, 15) is 4.79 Å². The molecule has 2 fully saturated rings. The Morgan fingerprint density at radius 2 is 1.74 bits per heavy atom. The van der Waals surface area contributed by atoms with E-state index in [0.717, 1.165) is 74.8 Å². The summed E-state index contributed by atoms with van der Waals surface area (Å²) in [5.74, 6) is 1.41. The zero-order chi connectivity index (χ0) is 23.2. The van der Waals surface area contributed by atoms with Gasteiger partial charge in [-0.1, -0.05) is 36.4 Å². The molecular weight excluding hydrogens is 428 g/mol. The van der Waals surface area contributed by atoms with Crippen molar-refractivity contribution in [2.75, 3.05) is 39.4 Å². The third-order valence-corrected chi connectivity index (χ3v) is 6.49. The summed E-state index contributed by atoms with van der Waals surface area (Å²) in [6.07, 6.45) is 5.22. The molecule has 34 heavy (non-hydrogen) atoms. The molecule has 2 aromatic carbocycles. The lowest BCUT2D eigenvalue weighted by atomic mass is 9.93. The second-order valence-corrected chi connectivity index (χ2v) is 8.80. The molecule has 1 aromatic heterocycles. The van der Waals surface area contributed by atoms with Crippen LogP contribution in [0.2, 0.25) is 0 Å². The number of benzene rings is 2. The van der Waals surface area contributed by atoms with Crippen LogP contribution in [0.25, 0.3) is 0 Å². The van der Waals surface area contributed by atoms with Crippen LogP contribution in [0.4, 0.5) is 0 Å². The molecule has 0 bridgehead atoms. The van der Waals surface area contributed by atoms with Gasteiger partial charge in [0.2, 0.25) is 5.88 Å². The van der Waals surface area contributed by atoms with Crippen molar-refractivity contribution < 1.29 is 14.3 Å². The largest absolute Gasteiger partial charge is 0.437 e. The smallest absolute Gasteiger partial charge is 0.254 e. The topological polar surface area (TPSA) is 67.8 Å². The highest BCUT2D eigenvalue weighted by Gasteiger charge is 2.30. The van der Waals surface area contributed by atoms with Crippen molar-refractivity contribution in [3.05, 3.63) is 83.8 Å². The van der Waals surface area contributed by atoms with Crippen molar-refractivity contribution in [3.63, 3.8) is 0 Å². The molecule has 176 valence electrons. The molecule has 1 atom stereocenters. The van der Waals surface area contributed by atoms with Crippen molar-refractivity contribution in [2.24, 2.45) is 0 Å². The predicted octanol–water partition coefficient (Wildman–Crippen LogP) is 4.12. The number of carbonyl (C=O) groups excluding carboxylic acids is 1. The molecule has 5 rings (SSSR count). The lowest BCUT2D eigenvalue weighted by molar-refractivity contribution is 0.0339. The third-order valence-electron chi connectivity index (χ3n) is 6.49. The molecule has 3 aromatic rings. The number of carbonyl (C=O) groups is 1. The molecule has 1 amide bonds. The van der Waals surface area contributed by atoms with Crippen LogP contribution in [-0.2, 0) is 11.3 Å². The van der Waals surface area contributed by atoms with Crippen molar-refractivity contribution in [1.29, 1.82) is 0 Å². The second-order valence-electron chi connectivity index (χ2n) is 8.80. The van der Waals surface area contributed by atoms with Gasteiger partial charge in [-0.3, -0.25) is 14.7 Å². The molecule has 0 unspecified atom stereocenters. The Morgan fingerprint density at radius 1 is 0.971 bits per heavy atom. The van der Waals surface area contributed by atoms with Gasteiger partial charge in [0.1, 0.15) is 11.4 Å². The highest BCUT2D eigenvalue weighted by atomic mass is 16.5. The second kappa shape index (κ2) is 10.8. The van der Waals surface area contributed by atoms with E-state index >= 15 is 0 Å². The van der Waals surface area contributed by atoms with E-state index in [2.05, 4.69) is 20.9 Å². The number of hydrogen-bond acceptors (Lipinski definition) is 6. The molecule has 0 aliphatic carbocycles. The van der Waals surface area contributed by atoms with Crippen LogP contribution in [0, 0.1) is 0 Å². The number of amides is 1. The number of rotatable bonds is 6. The van der Waals surface area contributed by atoms with Crippen molar-refractivity contribution in [3.8, 4) is 11.6 Å². The zero-order valence-corrected chi connectivity index (χ0v) is 19.3. The molecule has 0 radical (unpaired) electrons. The van der Waals surface area contributed by atoms with E-state index in [1.54, 1.807) is 12.4 Å². The predicted molar refractivity (Wildman–Crippen MR) is 129 cm³/mol. The monoisotopic (exact) mass is 458 g/mol. The van der Waals surface area contributed by atoms with E-state index in [1.807, 2.05) is 53.4 Å². The van der Waals surface area contributed by atoms with E-state index in [0.29, 0.717) is 12.4 Å². The van der Waals surface area contributed by atoms with Gasteiger partial charge in [0.15, 0.2) is 0 Å². The summed E-state index contributed by atoms with van der Waals surface area (Å²) < 4.78 is 11.5. The van der Waals surface area contributed by atoms with Gasteiger partial charge in [-0.25, -0.2) is 4.98 Å². The Kier molecular flexibility index (Phi) is 7.12. The average molecular weight is 459 g/mol. The van der Waals surface area contributed by atoms with Crippen LogP contribution in [0.5, 0.6) is 11.6 Å². The number of likely N-dealkylation sites (tertiary alicyclic amines) is 1. The first-order chi connectivity index (χ1) is 16.8. The van der Waals surface area contributed by atoms with E-state index in [4.69, 9.17) is 9.47 Å². The van der Waals surface area contributed by atoms with Gasteiger partial charge in [0, 0.05) is 56.6 Å². The lowest BCUT2D eigenvalue weighted by Gasteiger charge is -2.33. The summed E-state index contributed by atoms with van der Waals surface area (Å²) >= 11 is 0. The number of piperidine rings is 1. The SMILES string of the molecule is O=C(c1ccccc1CN1CCOCC1)N1CCC[C@@H](c2nccnc2Oc2ccccc2)C1. The number of morpholine rings is 1. The lowest BCUT2D eigenvalue weighted by Crippen LogP contribution is -2.40. The van der Waals surface area contributed by atoms with Crippen LogP contribution in [0.15, 0.2) is 67.0 Å². The Balaban J connectivity index is 1.32. The van der Waals surface area contributed by atoms with Crippen LogP contribution in [-0.4, -0.2) is 65.1 Å². The van der Waals surface area contributed by atoms with Crippen molar-refractivity contribution in [1.82, 2.24) is 19.8 Å². The zero-order valence-electron chi connectivity index (χ0n) is 19.3. The number of hydrogen-bond donors (Lipinski definition) is 0. The first-order valence-electron chi connectivity index (χ1n) is 12.0. The van der Waals surface area contributed by atoms with E-state index in [-0.39, 0.29) is 11.8 Å². The quantitative estimate of drug-likeness (QED) is 0.554.